The third-order valence-corrected chi connectivity index (χ3v) is 4.55. The smallest absolute Gasteiger partial charge is 0.143 e. The van der Waals surface area contributed by atoms with Gasteiger partial charge >= 0.3 is 0 Å². The molecule has 0 amide bonds. The third kappa shape index (κ3) is 2.99. The molecule has 1 aliphatic carbocycles. The summed E-state index contributed by atoms with van der Waals surface area (Å²) in [5, 5.41) is 3.51. The summed E-state index contributed by atoms with van der Waals surface area (Å²) < 4.78 is 14.5. The average Bonchev–Trinajstić information content (AvgIpc) is 2.37. The first-order chi connectivity index (χ1) is 9.61. The Kier molecular flexibility index (Phi) is 3.99. The highest BCUT2D eigenvalue weighted by molar-refractivity contribution is 9.10. The van der Waals surface area contributed by atoms with Crippen molar-refractivity contribution in [1.82, 2.24) is 0 Å². The monoisotopic (exact) mass is 353 g/mol. The molecule has 1 nitrogen and oxygen atoms in total. The van der Waals surface area contributed by atoms with Crippen LogP contribution in [0.4, 0.5) is 10.1 Å². The molecule has 20 heavy (non-hydrogen) atoms. The number of rotatable bonds is 3. The van der Waals surface area contributed by atoms with Gasteiger partial charge in [0.2, 0.25) is 0 Å². The molecule has 0 aromatic heterocycles. The Morgan fingerprint density at radius 1 is 1.15 bits per heavy atom. The number of nitrogens with one attached hydrogen (secondary N) is 1. The van der Waals surface area contributed by atoms with Crippen LogP contribution in [0.3, 0.4) is 0 Å². The highest BCUT2D eigenvalue weighted by atomic mass is 79.9. The predicted molar refractivity (Wildman–Crippen MR) is 84.9 cm³/mol. The van der Waals surface area contributed by atoms with E-state index in [2.05, 4.69) is 39.4 Å². The first-order valence-corrected chi connectivity index (χ1v) is 7.76. The molecule has 2 aromatic carbocycles. The van der Waals surface area contributed by atoms with Crippen molar-refractivity contribution in [3.8, 4) is 0 Å². The molecule has 2 aromatic rings. The Hall–Kier alpha value is -1.06. The molecule has 0 unspecified atom stereocenters. The van der Waals surface area contributed by atoms with Crippen molar-refractivity contribution in [2.75, 3.05) is 5.32 Å². The molecule has 104 valence electrons. The van der Waals surface area contributed by atoms with Crippen molar-refractivity contribution in [1.29, 1.82) is 0 Å². The second-order valence-corrected chi connectivity index (χ2v) is 6.52. The van der Waals surface area contributed by atoms with E-state index in [-0.39, 0.29) is 10.8 Å². The van der Waals surface area contributed by atoms with Gasteiger partial charge in [-0.2, -0.15) is 0 Å². The van der Waals surface area contributed by atoms with Crippen LogP contribution in [0.2, 0.25) is 5.02 Å². The Morgan fingerprint density at radius 2 is 1.95 bits per heavy atom. The van der Waals surface area contributed by atoms with Gasteiger partial charge in [0.25, 0.3) is 0 Å². The lowest BCUT2D eigenvalue weighted by atomic mass is 9.76. The highest BCUT2D eigenvalue weighted by Crippen LogP contribution is 2.39. The van der Waals surface area contributed by atoms with Crippen LogP contribution >= 0.6 is 27.5 Å². The molecule has 3 rings (SSSR count). The Balaban J connectivity index is 1.59. The van der Waals surface area contributed by atoms with Crippen LogP contribution in [-0.2, 0) is 0 Å². The Bertz CT molecular complexity index is 626. The Labute approximate surface area is 131 Å². The van der Waals surface area contributed by atoms with Crippen molar-refractivity contribution in [2.45, 2.75) is 24.8 Å². The molecule has 1 fully saturated rings. The number of anilines is 1. The van der Waals surface area contributed by atoms with Gasteiger partial charge in [-0.1, -0.05) is 39.7 Å². The molecule has 0 aliphatic heterocycles. The van der Waals surface area contributed by atoms with Crippen molar-refractivity contribution in [2.24, 2.45) is 0 Å². The van der Waals surface area contributed by atoms with E-state index in [9.17, 15) is 4.39 Å². The van der Waals surface area contributed by atoms with Crippen LogP contribution < -0.4 is 5.32 Å². The fraction of sp³-hybridized carbons (Fsp3) is 0.250. The van der Waals surface area contributed by atoms with Gasteiger partial charge in [0.15, 0.2) is 0 Å². The van der Waals surface area contributed by atoms with Crippen LogP contribution in [0.1, 0.15) is 24.3 Å². The minimum absolute atomic E-state index is 0.163. The van der Waals surface area contributed by atoms with Gasteiger partial charge < -0.3 is 5.32 Å². The highest BCUT2D eigenvalue weighted by Gasteiger charge is 2.30. The molecule has 0 saturated heterocycles. The maximum atomic E-state index is 13.4. The number of benzene rings is 2. The number of halogens is 3. The van der Waals surface area contributed by atoms with E-state index < -0.39 is 0 Å². The van der Waals surface area contributed by atoms with E-state index >= 15 is 0 Å². The molecule has 0 spiro atoms. The topological polar surface area (TPSA) is 12.0 Å². The fourth-order valence-corrected chi connectivity index (χ4v) is 3.12. The molecule has 4 heteroatoms. The SMILES string of the molecule is Fc1cc(NC2CC(c3cccc(Br)c3)C2)ccc1Cl. The summed E-state index contributed by atoms with van der Waals surface area (Å²) >= 11 is 9.17. The quantitative estimate of drug-likeness (QED) is 0.756. The van der Waals surface area contributed by atoms with Crippen LogP contribution in [0, 0.1) is 5.82 Å². The Morgan fingerprint density at radius 3 is 2.65 bits per heavy atom. The van der Waals surface area contributed by atoms with E-state index in [1.165, 1.54) is 11.6 Å². The van der Waals surface area contributed by atoms with Crippen molar-refractivity contribution >= 4 is 33.2 Å². The fourth-order valence-electron chi connectivity index (χ4n) is 2.59. The second-order valence-electron chi connectivity index (χ2n) is 5.19. The first kappa shape index (κ1) is 13.9. The van der Waals surface area contributed by atoms with Crippen molar-refractivity contribution in [3.63, 3.8) is 0 Å². The van der Waals surface area contributed by atoms with E-state index in [1.807, 2.05) is 12.1 Å². The van der Waals surface area contributed by atoms with E-state index in [1.54, 1.807) is 6.07 Å². The second kappa shape index (κ2) is 5.74. The van der Waals surface area contributed by atoms with Crippen molar-refractivity contribution in [3.05, 3.63) is 63.3 Å². The van der Waals surface area contributed by atoms with Gasteiger partial charge in [-0.3, -0.25) is 0 Å². The zero-order chi connectivity index (χ0) is 14.1. The minimum Gasteiger partial charge on any atom is -0.382 e. The normalized spacial score (nSPS) is 21.4. The molecule has 1 aliphatic rings. The summed E-state index contributed by atoms with van der Waals surface area (Å²) in [6, 6.07) is 13.7. The first-order valence-electron chi connectivity index (χ1n) is 6.59. The van der Waals surface area contributed by atoms with Gasteiger partial charge in [-0.05, 0) is 54.7 Å². The molecule has 1 saturated carbocycles. The van der Waals surface area contributed by atoms with Crippen molar-refractivity contribution < 1.29 is 4.39 Å². The predicted octanol–water partition coefficient (Wildman–Crippen LogP) is 5.60. The van der Waals surface area contributed by atoms with Crippen LogP contribution in [0.25, 0.3) is 0 Å². The summed E-state index contributed by atoms with van der Waals surface area (Å²) in [6.07, 6.45) is 2.14. The number of hydrogen-bond acceptors (Lipinski definition) is 1. The van der Waals surface area contributed by atoms with Crippen LogP contribution in [0.5, 0.6) is 0 Å². The standard InChI is InChI=1S/C16H14BrClFN/c17-12-3-1-2-10(6-12)11-7-14(8-11)20-13-4-5-15(18)16(19)9-13/h1-6,9,11,14,20H,7-8H2. The number of hydrogen-bond donors (Lipinski definition) is 1. The summed E-state index contributed by atoms with van der Waals surface area (Å²) in [5.41, 5.74) is 2.16. The maximum Gasteiger partial charge on any atom is 0.143 e. The van der Waals surface area contributed by atoms with Gasteiger partial charge in [0, 0.05) is 16.2 Å². The van der Waals surface area contributed by atoms with Gasteiger partial charge in [-0.25, -0.2) is 4.39 Å². The van der Waals surface area contributed by atoms with Crippen LogP contribution in [-0.4, -0.2) is 6.04 Å². The van der Waals surface area contributed by atoms with E-state index in [0.29, 0.717) is 12.0 Å². The molecule has 1 N–H and O–H groups in total. The molecule has 0 heterocycles. The molecular formula is C16H14BrClFN. The zero-order valence-electron chi connectivity index (χ0n) is 10.7. The summed E-state index contributed by atoms with van der Waals surface area (Å²) in [4.78, 5) is 0. The lowest BCUT2D eigenvalue weighted by molar-refractivity contribution is 0.374. The molecular weight excluding hydrogens is 341 g/mol. The summed E-state index contributed by atoms with van der Waals surface area (Å²) in [5.74, 6) is 0.210. The van der Waals surface area contributed by atoms with Crippen LogP contribution in [0.15, 0.2) is 46.9 Å². The van der Waals surface area contributed by atoms with E-state index in [4.69, 9.17) is 11.6 Å². The summed E-state index contributed by atoms with van der Waals surface area (Å²) in [7, 11) is 0. The lowest BCUT2D eigenvalue weighted by Crippen LogP contribution is -2.34. The average molecular weight is 355 g/mol. The van der Waals surface area contributed by atoms with E-state index in [0.717, 1.165) is 23.0 Å². The maximum absolute atomic E-state index is 13.4. The molecule has 0 atom stereocenters. The zero-order valence-corrected chi connectivity index (χ0v) is 13.1. The van der Waals surface area contributed by atoms with Gasteiger partial charge in [0.05, 0.1) is 5.02 Å². The molecule has 0 bridgehead atoms. The minimum atomic E-state index is -0.375. The lowest BCUT2D eigenvalue weighted by Gasteiger charge is -2.37. The van der Waals surface area contributed by atoms with Gasteiger partial charge in [-0.15, -0.1) is 0 Å². The largest absolute Gasteiger partial charge is 0.382 e. The van der Waals surface area contributed by atoms with Gasteiger partial charge in [0.1, 0.15) is 5.82 Å². The third-order valence-electron chi connectivity index (χ3n) is 3.75. The summed E-state index contributed by atoms with van der Waals surface area (Å²) in [6.45, 7) is 0. The molecule has 0 radical (unpaired) electrons.